The summed E-state index contributed by atoms with van der Waals surface area (Å²) in [6.45, 7) is 1.89. The molecule has 0 saturated carbocycles. The van der Waals surface area contributed by atoms with Gasteiger partial charge in [-0.3, -0.25) is 10.1 Å². The van der Waals surface area contributed by atoms with Crippen molar-refractivity contribution < 1.29 is 4.92 Å². The van der Waals surface area contributed by atoms with Gasteiger partial charge in [0.1, 0.15) is 0 Å². The van der Waals surface area contributed by atoms with Crippen molar-refractivity contribution in [3.63, 3.8) is 0 Å². The molecule has 1 aliphatic rings. The number of rotatable bonds is 1. The maximum Gasteiger partial charge on any atom is 0.270 e. The Morgan fingerprint density at radius 1 is 1.47 bits per heavy atom. The normalized spacial score (nSPS) is 16.1. The minimum Gasteiger partial charge on any atom is -0.357 e. The molecule has 0 bridgehead atoms. The van der Waals surface area contributed by atoms with Gasteiger partial charge in [0.15, 0.2) is 0 Å². The lowest BCUT2D eigenvalue weighted by Gasteiger charge is -2.22. The third-order valence-corrected chi connectivity index (χ3v) is 3.36. The van der Waals surface area contributed by atoms with E-state index in [0.29, 0.717) is 0 Å². The molecule has 0 amide bonds. The smallest absolute Gasteiger partial charge is 0.270 e. The molecule has 2 heterocycles. The van der Waals surface area contributed by atoms with Gasteiger partial charge in [-0.2, -0.15) is 0 Å². The Kier molecular flexibility index (Phi) is 2.16. The number of aromatic amines is 1. The molecule has 5 heteroatoms. The fourth-order valence-corrected chi connectivity index (χ4v) is 2.48. The third-order valence-electron chi connectivity index (χ3n) is 3.36. The zero-order valence-electron chi connectivity index (χ0n) is 9.56. The van der Waals surface area contributed by atoms with Crippen LogP contribution in [0, 0.1) is 10.1 Å². The summed E-state index contributed by atoms with van der Waals surface area (Å²) in [6.07, 6.45) is 0.951. The summed E-state index contributed by atoms with van der Waals surface area (Å²) >= 11 is 0. The van der Waals surface area contributed by atoms with Crippen LogP contribution in [-0.2, 0) is 13.0 Å². The highest BCUT2D eigenvalue weighted by molar-refractivity contribution is 5.87. The number of likely N-dealkylation sites (N-methyl/N-ethyl adjacent to an activating group) is 1. The monoisotopic (exact) mass is 231 g/mol. The van der Waals surface area contributed by atoms with Crippen LogP contribution in [0.15, 0.2) is 18.2 Å². The molecule has 0 aliphatic carbocycles. The first-order valence-electron chi connectivity index (χ1n) is 5.61. The number of benzene rings is 1. The Labute approximate surface area is 98.2 Å². The minimum absolute atomic E-state index is 0.165. The Balaban J connectivity index is 2.19. The maximum absolute atomic E-state index is 10.8. The summed E-state index contributed by atoms with van der Waals surface area (Å²) in [6, 6.07) is 5.02. The average molecular weight is 231 g/mol. The lowest BCUT2D eigenvalue weighted by atomic mass is 10.0. The molecule has 0 atom stereocenters. The Morgan fingerprint density at radius 3 is 3.06 bits per heavy atom. The van der Waals surface area contributed by atoms with Gasteiger partial charge < -0.3 is 9.88 Å². The van der Waals surface area contributed by atoms with Gasteiger partial charge in [-0.1, -0.05) is 0 Å². The van der Waals surface area contributed by atoms with Crippen LogP contribution in [0.4, 0.5) is 5.69 Å². The Morgan fingerprint density at radius 2 is 2.29 bits per heavy atom. The van der Waals surface area contributed by atoms with Gasteiger partial charge in [0.25, 0.3) is 5.69 Å². The van der Waals surface area contributed by atoms with E-state index >= 15 is 0 Å². The summed E-state index contributed by atoms with van der Waals surface area (Å²) < 4.78 is 0. The molecule has 0 saturated heterocycles. The van der Waals surface area contributed by atoms with Crippen LogP contribution in [0.25, 0.3) is 10.9 Å². The SMILES string of the molecule is CN1CCc2c([nH]c3ccc([N+](=O)[O-])cc23)C1. The molecule has 88 valence electrons. The molecular formula is C12H13N3O2. The number of nitrogens with one attached hydrogen (secondary N) is 1. The summed E-state index contributed by atoms with van der Waals surface area (Å²) in [5.74, 6) is 0. The van der Waals surface area contributed by atoms with E-state index in [-0.39, 0.29) is 10.6 Å². The summed E-state index contributed by atoms with van der Waals surface area (Å²) in [4.78, 5) is 16.0. The molecule has 0 radical (unpaired) electrons. The van der Waals surface area contributed by atoms with Gasteiger partial charge in [-0.15, -0.1) is 0 Å². The second-order valence-corrected chi connectivity index (χ2v) is 4.56. The fourth-order valence-electron chi connectivity index (χ4n) is 2.48. The van der Waals surface area contributed by atoms with Crippen LogP contribution in [0.2, 0.25) is 0 Å². The highest BCUT2D eigenvalue weighted by Gasteiger charge is 2.19. The van der Waals surface area contributed by atoms with Crippen LogP contribution >= 0.6 is 0 Å². The number of non-ortho nitro benzene ring substituents is 1. The van der Waals surface area contributed by atoms with E-state index in [4.69, 9.17) is 0 Å². The Bertz CT molecular complexity index is 603. The van der Waals surface area contributed by atoms with Crippen molar-refractivity contribution in [1.82, 2.24) is 9.88 Å². The number of hydrogen-bond acceptors (Lipinski definition) is 3. The van der Waals surface area contributed by atoms with Gasteiger partial charge in [-0.05, 0) is 25.1 Å². The quantitative estimate of drug-likeness (QED) is 0.603. The Hall–Kier alpha value is -1.88. The minimum atomic E-state index is -0.339. The second kappa shape index (κ2) is 3.56. The number of hydrogen-bond donors (Lipinski definition) is 1. The van der Waals surface area contributed by atoms with Crippen molar-refractivity contribution in [2.24, 2.45) is 0 Å². The van der Waals surface area contributed by atoms with E-state index in [0.717, 1.165) is 30.4 Å². The number of H-pyrrole nitrogens is 1. The first kappa shape index (κ1) is 10.3. The van der Waals surface area contributed by atoms with E-state index in [1.807, 2.05) is 0 Å². The number of nitro benzene ring substituents is 1. The lowest BCUT2D eigenvalue weighted by molar-refractivity contribution is -0.384. The van der Waals surface area contributed by atoms with Crippen molar-refractivity contribution in [3.8, 4) is 0 Å². The molecule has 1 N–H and O–H groups in total. The van der Waals surface area contributed by atoms with Crippen molar-refractivity contribution in [2.75, 3.05) is 13.6 Å². The maximum atomic E-state index is 10.8. The van der Waals surface area contributed by atoms with Crippen molar-refractivity contribution >= 4 is 16.6 Å². The molecule has 0 fully saturated rings. The van der Waals surface area contributed by atoms with Crippen LogP contribution in [0.3, 0.4) is 0 Å². The van der Waals surface area contributed by atoms with Crippen LogP contribution in [0.5, 0.6) is 0 Å². The molecule has 1 aliphatic heterocycles. The van der Waals surface area contributed by atoms with Gasteiger partial charge in [0.05, 0.1) is 4.92 Å². The van der Waals surface area contributed by atoms with Gasteiger partial charge in [0, 0.05) is 41.8 Å². The number of fused-ring (bicyclic) bond motifs is 3. The molecule has 3 rings (SSSR count). The van der Waals surface area contributed by atoms with Gasteiger partial charge in [-0.25, -0.2) is 0 Å². The molecule has 0 spiro atoms. The molecule has 1 aromatic carbocycles. The van der Waals surface area contributed by atoms with E-state index in [1.54, 1.807) is 18.2 Å². The van der Waals surface area contributed by atoms with Crippen LogP contribution in [-0.4, -0.2) is 28.4 Å². The molecule has 0 unspecified atom stereocenters. The molecule has 17 heavy (non-hydrogen) atoms. The second-order valence-electron chi connectivity index (χ2n) is 4.56. The van der Waals surface area contributed by atoms with Crippen LogP contribution in [0.1, 0.15) is 11.3 Å². The highest BCUT2D eigenvalue weighted by Crippen LogP contribution is 2.29. The highest BCUT2D eigenvalue weighted by atomic mass is 16.6. The zero-order valence-corrected chi connectivity index (χ0v) is 9.56. The predicted molar refractivity (Wildman–Crippen MR) is 65.0 cm³/mol. The number of nitrogens with zero attached hydrogens (tertiary/aromatic N) is 2. The molecule has 1 aromatic heterocycles. The summed E-state index contributed by atoms with van der Waals surface area (Å²) in [5, 5.41) is 11.8. The van der Waals surface area contributed by atoms with Crippen LogP contribution < -0.4 is 0 Å². The van der Waals surface area contributed by atoms with E-state index in [1.165, 1.54) is 11.3 Å². The standard InChI is InChI=1S/C12H13N3O2/c1-14-5-4-9-10-6-8(15(16)17)2-3-11(10)13-12(9)7-14/h2-3,6,13H,4-5,7H2,1H3. The summed E-state index contributed by atoms with van der Waals surface area (Å²) in [5.41, 5.74) is 3.59. The average Bonchev–Trinajstić information content (AvgIpc) is 2.64. The largest absolute Gasteiger partial charge is 0.357 e. The first-order chi connectivity index (χ1) is 8.15. The number of aromatic nitrogens is 1. The van der Waals surface area contributed by atoms with Gasteiger partial charge >= 0.3 is 0 Å². The van der Waals surface area contributed by atoms with E-state index in [2.05, 4.69) is 16.9 Å². The van der Waals surface area contributed by atoms with Gasteiger partial charge in [0.2, 0.25) is 0 Å². The van der Waals surface area contributed by atoms with Crippen molar-refractivity contribution in [1.29, 1.82) is 0 Å². The topological polar surface area (TPSA) is 62.2 Å². The zero-order chi connectivity index (χ0) is 12.0. The predicted octanol–water partition coefficient (Wildman–Crippen LogP) is 2.06. The fraction of sp³-hybridized carbons (Fsp3) is 0.333. The third kappa shape index (κ3) is 1.59. The van der Waals surface area contributed by atoms with E-state index < -0.39 is 0 Å². The number of nitro groups is 1. The summed E-state index contributed by atoms with van der Waals surface area (Å²) in [7, 11) is 2.08. The van der Waals surface area contributed by atoms with Crippen molar-refractivity contribution in [2.45, 2.75) is 13.0 Å². The molecular weight excluding hydrogens is 218 g/mol. The first-order valence-corrected chi connectivity index (χ1v) is 5.61. The van der Waals surface area contributed by atoms with E-state index in [9.17, 15) is 10.1 Å². The van der Waals surface area contributed by atoms with Crippen molar-refractivity contribution in [3.05, 3.63) is 39.6 Å². The lowest BCUT2D eigenvalue weighted by Crippen LogP contribution is -2.26. The molecule has 2 aromatic rings. The molecule has 5 nitrogen and oxygen atoms in total.